The standard InChI is InChI=1S/C27H21N3O5S2/c1-15-7-5-8-16(13-15)28-19(31)14-29-26-23(37-27(29)34)20(18-11-6-12-35-18)21-22(36-26)25(33)30(24(21)32)17-9-3-2-4-10-17/h2-13,20-22H,14H2,1H3,(H,28,31)/t20-,21?,22?/m1/s1. The van der Waals surface area contributed by atoms with Gasteiger partial charge < -0.3 is 9.73 Å². The van der Waals surface area contributed by atoms with Gasteiger partial charge in [0.15, 0.2) is 0 Å². The van der Waals surface area contributed by atoms with Crippen molar-refractivity contribution < 1.29 is 18.8 Å². The lowest BCUT2D eigenvalue weighted by molar-refractivity contribution is -0.122. The molecule has 3 atom stereocenters. The van der Waals surface area contributed by atoms with Crippen molar-refractivity contribution >= 4 is 52.2 Å². The minimum Gasteiger partial charge on any atom is -0.469 e. The van der Waals surface area contributed by atoms with Gasteiger partial charge in [-0.1, -0.05) is 53.4 Å². The first-order valence-electron chi connectivity index (χ1n) is 11.7. The average molecular weight is 532 g/mol. The minimum atomic E-state index is -0.754. The molecule has 0 radical (unpaired) electrons. The van der Waals surface area contributed by atoms with Crippen molar-refractivity contribution in [3.8, 4) is 0 Å². The molecule has 37 heavy (non-hydrogen) atoms. The van der Waals surface area contributed by atoms with Gasteiger partial charge in [0.25, 0.3) is 0 Å². The summed E-state index contributed by atoms with van der Waals surface area (Å²) in [6, 6.07) is 19.7. The molecule has 0 saturated carbocycles. The van der Waals surface area contributed by atoms with Gasteiger partial charge in [0.05, 0.1) is 33.7 Å². The van der Waals surface area contributed by atoms with Gasteiger partial charge in [-0.15, -0.1) is 0 Å². The maximum atomic E-state index is 13.7. The number of nitrogens with zero attached hydrogens (tertiary/aromatic N) is 2. The van der Waals surface area contributed by atoms with Crippen LogP contribution in [0.5, 0.6) is 0 Å². The number of thiazole rings is 1. The third-order valence-corrected chi connectivity index (χ3v) is 9.12. The second-order valence-electron chi connectivity index (χ2n) is 8.95. The molecule has 2 aromatic heterocycles. The van der Waals surface area contributed by atoms with Gasteiger partial charge >= 0.3 is 4.87 Å². The number of carbonyl (C=O) groups excluding carboxylic acids is 3. The molecule has 2 aliphatic heterocycles. The summed E-state index contributed by atoms with van der Waals surface area (Å²) in [6.45, 7) is 1.72. The predicted molar refractivity (Wildman–Crippen MR) is 141 cm³/mol. The highest BCUT2D eigenvalue weighted by atomic mass is 32.2. The van der Waals surface area contributed by atoms with E-state index in [2.05, 4.69) is 5.32 Å². The molecule has 0 bridgehead atoms. The molecule has 2 aliphatic rings. The van der Waals surface area contributed by atoms with E-state index in [1.807, 2.05) is 31.2 Å². The largest absolute Gasteiger partial charge is 0.469 e. The SMILES string of the molecule is Cc1cccc(NC(=O)Cn2c3c(sc2=O)[C@H](c2ccco2)C2C(=O)N(c4ccccc4)C(=O)C2S3)c1. The first-order valence-corrected chi connectivity index (χ1v) is 13.3. The van der Waals surface area contributed by atoms with Crippen molar-refractivity contribution in [3.05, 3.63) is 98.9 Å². The summed E-state index contributed by atoms with van der Waals surface area (Å²) in [6.07, 6.45) is 1.51. The van der Waals surface area contributed by atoms with E-state index in [0.717, 1.165) is 16.9 Å². The lowest BCUT2D eigenvalue weighted by Gasteiger charge is -2.29. The third kappa shape index (κ3) is 4.02. The van der Waals surface area contributed by atoms with E-state index < -0.39 is 17.1 Å². The number of aryl methyl sites for hydroxylation is 1. The van der Waals surface area contributed by atoms with Crippen LogP contribution in [0.15, 0.2) is 87.2 Å². The van der Waals surface area contributed by atoms with Crippen molar-refractivity contribution in [3.63, 3.8) is 0 Å². The van der Waals surface area contributed by atoms with E-state index in [9.17, 15) is 19.2 Å². The third-order valence-electron chi connectivity index (χ3n) is 6.52. The van der Waals surface area contributed by atoms with Gasteiger partial charge in [-0.05, 0) is 48.9 Å². The Labute approximate surface area is 219 Å². The number of furan rings is 1. The number of fused-ring (bicyclic) bond motifs is 2. The number of carbonyl (C=O) groups is 3. The highest BCUT2D eigenvalue weighted by Gasteiger charge is 2.57. The number of hydrogen-bond donors (Lipinski definition) is 1. The number of rotatable bonds is 5. The zero-order chi connectivity index (χ0) is 25.7. The van der Waals surface area contributed by atoms with E-state index in [0.29, 0.717) is 27.0 Å². The van der Waals surface area contributed by atoms with Crippen LogP contribution in [0.3, 0.4) is 0 Å². The molecule has 2 unspecified atom stereocenters. The summed E-state index contributed by atoms with van der Waals surface area (Å²) < 4.78 is 7.10. The van der Waals surface area contributed by atoms with Crippen molar-refractivity contribution in [2.45, 2.75) is 29.7 Å². The average Bonchev–Trinajstić information content (AvgIpc) is 3.57. The van der Waals surface area contributed by atoms with E-state index in [4.69, 9.17) is 4.42 Å². The van der Waals surface area contributed by atoms with Gasteiger partial charge in [0.2, 0.25) is 17.7 Å². The summed E-state index contributed by atoms with van der Waals surface area (Å²) >= 11 is 2.16. The molecule has 0 aliphatic carbocycles. The smallest absolute Gasteiger partial charge is 0.308 e. The van der Waals surface area contributed by atoms with Crippen LogP contribution in [0.1, 0.15) is 22.1 Å². The van der Waals surface area contributed by atoms with Gasteiger partial charge in [-0.2, -0.15) is 0 Å². The first-order chi connectivity index (χ1) is 17.9. The molecular weight excluding hydrogens is 510 g/mol. The summed E-state index contributed by atoms with van der Waals surface area (Å²) in [7, 11) is 0. The Morgan fingerprint density at radius 2 is 1.81 bits per heavy atom. The Hall–Kier alpha value is -3.89. The number of thioether (sulfide) groups is 1. The molecular formula is C27H21N3O5S2. The maximum Gasteiger partial charge on any atom is 0.308 e. The highest BCUT2D eigenvalue weighted by molar-refractivity contribution is 8.00. The minimum absolute atomic E-state index is 0.210. The fourth-order valence-electron chi connectivity index (χ4n) is 4.93. The quantitative estimate of drug-likeness (QED) is 0.387. The Kier molecular flexibility index (Phi) is 5.85. The topological polar surface area (TPSA) is 102 Å². The number of amides is 3. The second kappa shape index (κ2) is 9.20. The number of imide groups is 1. The van der Waals surface area contributed by atoms with Crippen LogP contribution in [0.2, 0.25) is 0 Å². The monoisotopic (exact) mass is 531 g/mol. The molecule has 1 saturated heterocycles. The number of anilines is 2. The highest BCUT2D eigenvalue weighted by Crippen LogP contribution is 2.53. The number of para-hydroxylation sites is 1. The molecule has 186 valence electrons. The summed E-state index contributed by atoms with van der Waals surface area (Å²) in [4.78, 5) is 54.8. The molecule has 3 amide bonds. The molecule has 6 rings (SSSR count). The van der Waals surface area contributed by atoms with Crippen molar-refractivity contribution in [1.82, 2.24) is 4.57 Å². The molecule has 1 fully saturated rings. The Morgan fingerprint density at radius 3 is 2.54 bits per heavy atom. The van der Waals surface area contributed by atoms with Crippen molar-refractivity contribution in [2.75, 3.05) is 10.2 Å². The van der Waals surface area contributed by atoms with Crippen molar-refractivity contribution in [1.29, 1.82) is 0 Å². The molecule has 1 N–H and O–H groups in total. The van der Waals surface area contributed by atoms with Crippen LogP contribution in [-0.4, -0.2) is 27.5 Å². The van der Waals surface area contributed by atoms with Gasteiger partial charge in [-0.3, -0.25) is 23.7 Å². The van der Waals surface area contributed by atoms with E-state index in [-0.39, 0.29) is 29.1 Å². The van der Waals surface area contributed by atoms with E-state index in [1.165, 1.54) is 27.5 Å². The lowest BCUT2D eigenvalue weighted by atomic mass is 9.87. The number of hydrogen-bond acceptors (Lipinski definition) is 7. The van der Waals surface area contributed by atoms with E-state index >= 15 is 0 Å². The van der Waals surface area contributed by atoms with Gasteiger partial charge in [0, 0.05) is 5.69 Å². The maximum absolute atomic E-state index is 13.7. The van der Waals surface area contributed by atoms with Crippen LogP contribution in [0, 0.1) is 12.8 Å². The predicted octanol–water partition coefficient (Wildman–Crippen LogP) is 4.25. The summed E-state index contributed by atoms with van der Waals surface area (Å²) in [5, 5.41) is 2.60. The molecule has 4 aromatic rings. The zero-order valence-corrected chi connectivity index (χ0v) is 21.3. The normalized spacial score (nSPS) is 20.6. The Bertz CT molecular complexity index is 1580. The van der Waals surface area contributed by atoms with Crippen LogP contribution in [0.25, 0.3) is 0 Å². The second-order valence-corrected chi connectivity index (χ2v) is 11.1. The summed E-state index contributed by atoms with van der Waals surface area (Å²) in [5.41, 5.74) is 2.14. The molecule has 0 spiro atoms. The van der Waals surface area contributed by atoms with E-state index in [1.54, 1.807) is 42.5 Å². The number of aromatic nitrogens is 1. The van der Waals surface area contributed by atoms with Crippen LogP contribution >= 0.6 is 23.1 Å². The van der Waals surface area contributed by atoms with Gasteiger partial charge in [0.1, 0.15) is 17.6 Å². The molecule has 4 heterocycles. The number of benzene rings is 2. The van der Waals surface area contributed by atoms with Crippen LogP contribution in [-0.2, 0) is 20.9 Å². The fraction of sp³-hybridized carbons (Fsp3) is 0.185. The number of nitrogens with one attached hydrogen (secondary N) is 1. The lowest BCUT2D eigenvalue weighted by Crippen LogP contribution is -2.32. The fourth-order valence-corrected chi connectivity index (χ4v) is 7.68. The van der Waals surface area contributed by atoms with Gasteiger partial charge in [-0.25, -0.2) is 4.90 Å². The molecule has 8 nitrogen and oxygen atoms in total. The summed E-state index contributed by atoms with van der Waals surface area (Å²) in [5.74, 6) is -1.87. The Balaban J connectivity index is 1.39. The zero-order valence-electron chi connectivity index (χ0n) is 19.6. The first kappa shape index (κ1) is 23.5. The Morgan fingerprint density at radius 1 is 1.00 bits per heavy atom. The van der Waals surface area contributed by atoms with Crippen LogP contribution in [0.4, 0.5) is 11.4 Å². The molecule has 10 heteroatoms. The molecule has 2 aromatic carbocycles. The van der Waals surface area contributed by atoms with Crippen molar-refractivity contribution in [2.24, 2.45) is 5.92 Å². The van der Waals surface area contributed by atoms with Crippen LogP contribution < -0.4 is 15.1 Å².